The molecule has 0 unspecified atom stereocenters. The maximum atomic E-state index is 12.3. The highest BCUT2D eigenvalue weighted by molar-refractivity contribution is 5.69. The number of hydrogen-bond donors (Lipinski definition) is 0. The number of allylic oxidation sites excluding steroid dienone is 14. The van der Waals surface area contributed by atoms with E-state index in [0.29, 0.717) is 25.4 Å². The fraction of sp³-hybridized carbons (Fsp3) is 0.653. The van der Waals surface area contributed by atoms with Gasteiger partial charge in [0.05, 0.1) is 6.61 Å². The predicted molar refractivity (Wildman–Crippen MR) is 230 cm³/mol. The van der Waals surface area contributed by atoms with Crippen LogP contribution >= 0.6 is 0 Å². The number of rotatable bonds is 32. The highest BCUT2D eigenvalue weighted by atomic mass is 16.6. The first-order valence-electron chi connectivity index (χ1n) is 21.8. The lowest BCUT2D eigenvalue weighted by molar-refractivity contribution is -0.149. The van der Waals surface area contributed by atoms with Crippen LogP contribution in [0.3, 0.4) is 0 Å². The van der Waals surface area contributed by atoms with Crippen LogP contribution in [0, 0.1) is 17.8 Å². The number of carbonyl (C=O) groups excluding carboxylic acids is 3. The van der Waals surface area contributed by atoms with Crippen molar-refractivity contribution in [2.75, 3.05) is 6.61 Å². The number of unbranched alkanes of at least 4 members (excludes halogenated alkanes) is 6. The minimum Gasteiger partial charge on any atom is -0.466 e. The fourth-order valence-corrected chi connectivity index (χ4v) is 7.11. The quantitative estimate of drug-likeness (QED) is 0.0294. The van der Waals surface area contributed by atoms with Crippen molar-refractivity contribution in [2.24, 2.45) is 17.8 Å². The molecule has 0 aliphatic heterocycles. The van der Waals surface area contributed by atoms with Crippen LogP contribution in [0.2, 0.25) is 0 Å². The number of hydrogen-bond acceptors (Lipinski definition) is 6. The van der Waals surface area contributed by atoms with Crippen molar-refractivity contribution in [3.05, 3.63) is 85.1 Å². The van der Waals surface area contributed by atoms with Gasteiger partial charge in [-0.1, -0.05) is 151 Å². The molecule has 1 aliphatic carbocycles. The molecule has 0 aromatic heterocycles. The van der Waals surface area contributed by atoms with Crippen LogP contribution < -0.4 is 0 Å². The molecule has 0 N–H and O–H groups in total. The van der Waals surface area contributed by atoms with E-state index < -0.39 is 0 Å². The summed E-state index contributed by atoms with van der Waals surface area (Å²) in [5.41, 5.74) is 0. The molecule has 55 heavy (non-hydrogen) atoms. The summed E-state index contributed by atoms with van der Waals surface area (Å²) in [6, 6.07) is 0. The summed E-state index contributed by atoms with van der Waals surface area (Å²) in [5, 5.41) is 0. The molecule has 1 rings (SSSR count). The molecule has 0 aromatic rings. The Hall–Kier alpha value is -3.41. The van der Waals surface area contributed by atoms with Crippen molar-refractivity contribution >= 4 is 17.9 Å². The molecule has 0 heterocycles. The van der Waals surface area contributed by atoms with Gasteiger partial charge in [-0.15, -0.1) is 0 Å². The van der Waals surface area contributed by atoms with Crippen LogP contribution in [0.4, 0.5) is 0 Å². The maximum absolute atomic E-state index is 12.3. The lowest BCUT2D eigenvalue weighted by atomic mass is 9.84. The third-order valence-electron chi connectivity index (χ3n) is 10.1. The molecule has 0 bridgehead atoms. The zero-order chi connectivity index (χ0) is 40.2. The molecule has 0 radical (unpaired) electrons. The smallest absolute Gasteiger partial charge is 0.305 e. The monoisotopic (exact) mass is 763 g/mol. The Morgan fingerprint density at radius 1 is 0.582 bits per heavy atom. The molecule has 6 nitrogen and oxygen atoms in total. The van der Waals surface area contributed by atoms with Crippen LogP contribution in [-0.4, -0.2) is 36.7 Å². The van der Waals surface area contributed by atoms with E-state index in [-0.39, 0.29) is 42.0 Å². The molecule has 0 aromatic carbocycles. The van der Waals surface area contributed by atoms with Gasteiger partial charge in [0.15, 0.2) is 0 Å². The van der Waals surface area contributed by atoms with E-state index in [1.165, 1.54) is 52.4 Å². The van der Waals surface area contributed by atoms with Gasteiger partial charge in [-0.2, -0.15) is 0 Å². The summed E-state index contributed by atoms with van der Waals surface area (Å²) in [4.78, 5) is 36.2. The van der Waals surface area contributed by atoms with Crippen molar-refractivity contribution in [3.8, 4) is 0 Å². The van der Waals surface area contributed by atoms with Gasteiger partial charge in [-0.25, -0.2) is 0 Å². The van der Waals surface area contributed by atoms with Gasteiger partial charge in [0.2, 0.25) is 0 Å². The summed E-state index contributed by atoms with van der Waals surface area (Å²) in [6.45, 7) is 10.1. The van der Waals surface area contributed by atoms with E-state index in [9.17, 15) is 14.4 Å². The Morgan fingerprint density at radius 3 is 1.65 bits per heavy atom. The Kier molecular flexibility index (Phi) is 31.6. The third kappa shape index (κ3) is 28.6. The van der Waals surface area contributed by atoms with Gasteiger partial charge in [0.1, 0.15) is 12.2 Å². The summed E-state index contributed by atoms with van der Waals surface area (Å²) in [7, 11) is 0. The first-order valence-corrected chi connectivity index (χ1v) is 21.8. The normalized spacial score (nSPS) is 19.7. The van der Waals surface area contributed by atoms with Crippen LogP contribution in [0.5, 0.6) is 0 Å². The number of ether oxygens (including phenoxy) is 3. The molecule has 310 valence electrons. The van der Waals surface area contributed by atoms with Crippen molar-refractivity contribution in [1.82, 2.24) is 0 Å². The average molecular weight is 763 g/mol. The van der Waals surface area contributed by atoms with Crippen molar-refractivity contribution in [3.63, 3.8) is 0 Å². The SMILES string of the molecule is CC/C=C\C/C=C\C/C=C\C/C=C\C/C=C\C/C=C\CCCOC(=O)CCC/C=C\C[C@@H]1[C@@H](CC[C@@H](C)CCCCCCC)[C@H](OC(C)=O)C[C@@H]1OC(C)=O. The van der Waals surface area contributed by atoms with Gasteiger partial charge < -0.3 is 14.2 Å². The van der Waals surface area contributed by atoms with Gasteiger partial charge in [0, 0.05) is 38.5 Å². The molecule has 6 heteroatoms. The summed E-state index contributed by atoms with van der Waals surface area (Å²) in [6.07, 6.45) is 50.7. The summed E-state index contributed by atoms with van der Waals surface area (Å²) in [5.74, 6) is 0.149. The Labute approximate surface area is 336 Å². The molecule has 5 atom stereocenters. The molecule has 0 amide bonds. The molecular weight excluding hydrogens is 685 g/mol. The minimum atomic E-state index is -0.294. The van der Waals surface area contributed by atoms with E-state index >= 15 is 0 Å². The molecule has 0 spiro atoms. The average Bonchev–Trinajstić information content (AvgIpc) is 3.45. The lowest BCUT2D eigenvalue weighted by Crippen LogP contribution is -2.26. The second-order valence-electron chi connectivity index (χ2n) is 15.1. The van der Waals surface area contributed by atoms with E-state index in [4.69, 9.17) is 14.2 Å². The van der Waals surface area contributed by atoms with Crippen LogP contribution in [0.15, 0.2) is 85.1 Å². The number of carbonyl (C=O) groups is 3. The molecule has 1 fully saturated rings. The second-order valence-corrected chi connectivity index (χ2v) is 15.1. The molecular formula is C49H78O6. The van der Waals surface area contributed by atoms with Crippen LogP contribution in [0.25, 0.3) is 0 Å². The Balaban J connectivity index is 2.29. The Bertz CT molecular complexity index is 1200. The van der Waals surface area contributed by atoms with E-state index in [1.807, 2.05) is 0 Å². The lowest BCUT2D eigenvalue weighted by Gasteiger charge is -2.26. The topological polar surface area (TPSA) is 78.9 Å². The first-order chi connectivity index (χ1) is 26.8. The highest BCUT2D eigenvalue weighted by Crippen LogP contribution is 2.42. The van der Waals surface area contributed by atoms with Crippen LogP contribution in [-0.2, 0) is 28.6 Å². The standard InChI is InChI=1S/C49H78O6/c1-6-8-10-12-13-14-15-16-17-18-19-20-21-22-23-24-25-26-30-34-40-53-49(52)37-33-29-28-32-36-45-46(39-38-42(3)35-31-27-11-9-7-2)48(55-44(5)51)41-47(45)54-43(4)50/h8,10,13-14,16-17,19-20,22-23,25-26,28,32,42,45-48H,6-7,9,11-12,15,18,21,24,27,29-31,33-41H2,1-5H3/b10-8-,14-13-,17-16-,20-19-,23-22-,26-25-,32-28-/t42-,45+,46+,47-,48+/m0/s1. The van der Waals surface area contributed by atoms with Crippen LogP contribution in [0.1, 0.15) is 169 Å². The van der Waals surface area contributed by atoms with Crippen molar-refractivity contribution < 1.29 is 28.6 Å². The predicted octanol–water partition coefficient (Wildman–Crippen LogP) is 13.4. The minimum absolute atomic E-state index is 0.104. The van der Waals surface area contributed by atoms with E-state index in [1.54, 1.807) is 0 Å². The van der Waals surface area contributed by atoms with Gasteiger partial charge in [-0.3, -0.25) is 14.4 Å². The fourth-order valence-electron chi connectivity index (χ4n) is 7.11. The van der Waals surface area contributed by atoms with Gasteiger partial charge in [-0.05, 0) is 83.0 Å². The van der Waals surface area contributed by atoms with Gasteiger partial charge >= 0.3 is 17.9 Å². The number of esters is 3. The molecule has 1 saturated carbocycles. The first kappa shape index (κ1) is 49.6. The van der Waals surface area contributed by atoms with E-state index in [0.717, 1.165) is 83.5 Å². The molecule has 1 aliphatic rings. The van der Waals surface area contributed by atoms with E-state index in [2.05, 4.69) is 106 Å². The highest BCUT2D eigenvalue weighted by Gasteiger charge is 2.45. The van der Waals surface area contributed by atoms with Gasteiger partial charge in [0.25, 0.3) is 0 Å². The maximum Gasteiger partial charge on any atom is 0.305 e. The van der Waals surface area contributed by atoms with Crippen molar-refractivity contribution in [1.29, 1.82) is 0 Å². The summed E-state index contributed by atoms with van der Waals surface area (Å²) >= 11 is 0. The third-order valence-corrected chi connectivity index (χ3v) is 10.1. The second kappa shape index (κ2) is 35.0. The zero-order valence-electron chi connectivity index (χ0n) is 35.5. The zero-order valence-corrected chi connectivity index (χ0v) is 35.5. The van der Waals surface area contributed by atoms with Crippen molar-refractivity contribution in [2.45, 2.75) is 182 Å². The summed E-state index contributed by atoms with van der Waals surface area (Å²) < 4.78 is 17.0. The largest absolute Gasteiger partial charge is 0.466 e. The molecule has 0 saturated heterocycles. The Morgan fingerprint density at radius 2 is 1.09 bits per heavy atom.